The van der Waals surface area contributed by atoms with E-state index in [0.29, 0.717) is 0 Å². The van der Waals surface area contributed by atoms with E-state index in [4.69, 9.17) is 11.5 Å². The molecule has 0 unspecified atom stereocenters. The Morgan fingerprint density at radius 1 is 0.667 bits per heavy atom. The van der Waals surface area contributed by atoms with Crippen LogP contribution in [0.2, 0.25) is 0 Å². The lowest BCUT2D eigenvalue weighted by molar-refractivity contribution is 0.145. The summed E-state index contributed by atoms with van der Waals surface area (Å²) < 4.78 is 2.18. The lowest BCUT2D eigenvalue weighted by Gasteiger charge is -2.50. The van der Waals surface area contributed by atoms with Crippen LogP contribution >= 0.6 is 31.9 Å². The third kappa shape index (κ3) is 3.93. The van der Waals surface area contributed by atoms with E-state index in [0.717, 1.165) is 47.5 Å². The quantitative estimate of drug-likeness (QED) is 0.689. The van der Waals surface area contributed by atoms with Crippen LogP contribution in [0, 0.1) is 0 Å². The molecular formula is C20H24Br2N2. The van der Waals surface area contributed by atoms with Gasteiger partial charge in [-0.15, -0.1) is 0 Å². The lowest BCUT2D eigenvalue weighted by atomic mass is 9.63. The van der Waals surface area contributed by atoms with Gasteiger partial charge in [0.1, 0.15) is 0 Å². The van der Waals surface area contributed by atoms with E-state index in [1.54, 1.807) is 0 Å². The molecule has 0 amide bonds. The highest BCUT2D eigenvalue weighted by molar-refractivity contribution is 9.10. The SMILES string of the molecule is N[C@@]1(Cc2ccc(Br)cc2)CCCC[C@@]1(N)Cc1ccc(Br)cc1. The summed E-state index contributed by atoms with van der Waals surface area (Å²) in [7, 11) is 0. The third-order valence-electron chi connectivity index (χ3n) is 5.35. The van der Waals surface area contributed by atoms with E-state index < -0.39 is 0 Å². The third-order valence-corrected chi connectivity index (χ3v) is 6.41. The Hall–Kier alpha value is -0.680. The Bertz CT molecular complexity index is 622. The van der Waals surface area contributed by atoms with E-state index in [1.807, 2.05) is 0 Å². The molecule has 0 spiro atoms. The summed E-state index contributed by atoms with van der Waals surface area (Å²) in [4.78, 5) is 0. The van der Waals surface area contributed by atoms with Crippen molar-refractivity contribution in [2.75, 3.05) is 0 Å². The highest BCUT2D eigenvalue weighted by Gasteiger charge is 2.47. The van der Waals surface area contributed by atoms with E-state index >= 15 is 0 Å². The zero-order valence-corrected chi connectivity index (χ0v) is 16.9. The van der Waals surface area contributed by atoms with Gasteiger partial charge in [-0.25, -0.2) is 0 Å². The van der Waals surface area contributed by atoms with Crippen molar-refractivity contribution in [1.29, 1.82) is 0 Å². The summed E-state index contributed by atoms with van der Waals surface area (Å²) in [5.74, 6) is 0. The molecule has 2 aromatic rings. The van der Waals surface area contributed by atoms with Crippen molar-refractivity contribution < 1.29 is 0 Å². The minimum atomic E-state index is -0.369. The van der Waals surface area contributed by atoms with Gasteiger partial charge in [-0.3, -0.25) is 0 Å². The first-order chi connectivity index (χ1) is 11.4. The molecule has 0 aliphatic heterocycles. The van der Waals surface area contributed by atoms with Crippen LogP contribution < -0.4 is 11.5 Å². The van der Waals surface area contributed by atoms with Crippen molar-refractivity contribution in [1.82, 2.24) is 0 Å². The van der Waals surface area contributed by atoms with Crippen molar-refractivity contribution in [2.24, 2.45) is 11.5 Å². The van der Waals surface area contributed by atoms with Gasteiger partial charge in [-0.2, -0.15) is 0 Å². The zero-order valence-electron chi connectivity index (χ0n) is 13.8. The van der Waals surface area contributed by atoms with E-state index in [-0.39, 0.29) is 11.1 Å². The maximum Gasteiger partial charge on any atom is 0.0380 e. The van der Waals surface area contributed by atoms with Crippen LogP contribution in [0.3, 0.4) is 0 Å². The second kappa shape index (κ2) is 7.28. The molecule has 4 N–H and O–H groups in total. The van der Waals surface area contributed by atoms with Crippen LogP contribution in [0.5, 0.6) is 0 Å². The largest absolute Gasteiger partial charge is 0.323 e. The fraction of sp³-hybridized carbons (Fsp3) is 0.400. The highest BCUT2D eigenvalue weighted by atomic mass is 79.9. The molecule has 0 bridgehead atoms. The number of rotatable bonds is 4. The molecule has 0 aromatic heterocycles. The lowest BCUT2D eigenvalue weighted by Crippen LogP contribution is -2.69. The molecule has 3 rings (SSSR count). The van der Waals surface area contributed by atoms with E-state index in [2.05, 4.69) is 80.4 Å². The highest BCUT2D eigenvalue weighted by Crippen LogP contribution is 2.38. The average molecular weight is 452 g/mol. The van der Waals surface area contributed by atoms with Crippen LogP contribution in [0.15, 0.2) is 57.5 Å². The summed E-state index contributed by atoms with van der Waals surface area (Å²) >= 11 is 6.99. The second-order valence-electron chi connectivity index (χ2n) is 7.13. The molecule has 2 aromatic carbocycles. The standard InChI is InChI=1S/C20H24Br2N2/c21-17-7-3-15(4-8-17)13-19(23)11-1-2-12-20(19,24)14-16-5-9-18(22)10-6-16/h3-10H,1-2,11-14,23-24H2/t19-,20-/m1/s1. The second-order valence-corrected chi connectivity index (χ2v) is 8.96. The molecule has 4 heteroatoms. The molecule has 1 fully saturated rings. The van der Waals surface area contributed by atoms with Crippen LogP contribution in [0.4, 0.5) is 0 Å². The molecule has 2 atom stereocenters. The Morgan fingerprint density at radius 3 is 1.33 bits per heavy atom. The van der Waals surface area contributed by atoms with Crippen LogP contribution in [-0.2, 0) is 12.8 Å². The van der Waals surface area contributed by atoms with Crippen LogP contribution in [0.1, 0.15) is 36.8 Å². The smallest absolute Gasteiger partial charge is 0.0380 e. The topological polar surface area (TPSA) is 52.0 Å². The van der Waals surface area contributed by atoms with Gasteiger partial charge in [-0.05, 0) is 61.1 Å². The molecule has 24 heavy (non-hydrogen) atoms. The maximum absolute atomic E-state index is 6.94. The van der Waals surface area contributed by atoms with Crippen molar-refractivity contribution in [3.05, 3.63) is 68.6 Å². The summed E-state index contributed by atoms with van der Waals surface area (Å²) in [5, 5.41) is 0. The number of halogens is 2. The molecule has 1 aliphatic rings. The fourth-order valence-corrected chi connectivity index (χ4v) is 4.37. The zero-order chi connectivity index (χ0) is 17.2. The van der Waals surface area contributed by atoms with Crippen molar-refractivity contribution in [3.63, 3.8) is 0 Å². The number of hydrogen-bond donors (Lipinski definition) is 2. The monoisotopic (exact) mass is 450 g/mol. The summed E-state index contributed by atoms with van der Waals surface area (Å²) in [6.07, 6.45) is 5.94. The Balaban J connectivity index is 1.85. The van der Waals surface area contributed by atoms with Crippen molar-refractivity contribution in [2.45, 2.75) is 49.6 Å². The van der Waals surface area contributed by atoms with Gasteiger partial charge in [0.25, 0.3) is 0 Å². The first-order valence-electron chi connectivity index (χ1n) is 8.47. The van der Waals surface area contributed by atoms with Gasteiger partial charge in [0.2, 0.25) is 0 Å². The molecule has 2 nitrogen and oxygen atoms in total. The first kappa shape index (κ1) is 18.1. The average Bonchev–Trinajstić information content (AvgIpc) is 2.55. The molecule has 0 saturated heterocycles. The predicted molar refractivity (Wildman–Crippen MR) is 108 cm³/mol. The number of nitrogens with two attached hydrogens (primary N) is 2. The maximum atomic E-state index is 6.94. The molecule has 1 saturated carbocycles. The molecular weight excluding hydrogens is 428 g/mol. The van der Waals surface area contributed by atoms with Crippen LogP contribution in [-0.4, -0.2) is 11.1 Å². The molecule has 1 aliphatic carbocycles. The van der Waals surface area contributed by atoms with Gasteiger partial charge in [0.15, 0.2) is 0 Å². The van der Waals surface area contributed by atoms with E-state index in [1.165, 1.54) is 11.1 Å². The predicted octanol–water partition coefficient (Wildman–Crippen LogP) is 4.97. The number of hydrogen-bond acceptors (Lipinski definition) is 2. The summed E-state index contributed by atoms with van der Waals surface area (Å²) in [6.45, 7) is 0. The van der Waals surface area contributed by atoms with Gasteiger partial charge in [-0.1, -0.05) is 69.0 Å². The van der Waals surface area contributed by atoms with Gasteiger partial charge in [0.05, 0.1) is 0 Å². The van der Waals surface area contributed by atoms with Crippen LogP contribution in [0.25, 0.3) is 0 Å². The minimum absolute atomic E-state index is 0.369. The first-order valence-corrected chi connectivity index (χ1v) is 10.1. The Labute approximate surface area is 161 Å². The van der Waals surface area contributed by atoms with Gasteiger partial charge >= 0.3 is 0 Å². The fourth-order valence-electron chi connectivity index (χ4n) is 3.84. The summed E-state index contributed by atoms with van der Waals surface area (Å²) in [5.41, 5.74) is 15.7. The van der Waals surface area contributed by atoms with E-state index in [9.17, 15) is 0 Å². The van der Waals surface area contributed by atoms with Crippen molar-refractivity contribution in [3.8, 4) is 0 Å². The van der Waals surface area contributed by atoms with Gasteiger partial charge in [0, 0.05) is 20.0 Å². The summed E-state index contributed by atoms with van der Waals surface area (Å²) in [6, 6.07) is 16.9. The molecule has 0 radical (unpaired) electrons. The van der Waals surface area contributed by atoms with Gasteiger partial charge < -0.3 is 11.5 Å². The normalized spacial score (nSPS) is 27.2. The molecule has 0 heterocycles. The molecule has 128 valence electrons. The number of benzene rings is 2. The van der Waals surface area contributed by atoms with Crippen molar-refractivity contribution >= 4 is 31.9 Å². The Kier molecular flexibility index (Phi) is 5.50. The Morgan fingerprint density at radius 2 is 1.00 bits per heavy atom. The minimum Gasteiger partial charge on any atom is -0.323 e.